The molecule has 2 aliphatic rings. The van der Waals surface area contributed by atoms with E-state index in [0.29, 0.717) is 0 Å². The van der Waals surface area contributed by atoms with Crippen molar-refractivity contribution in [3.63, 3.8) is 0 Å². The molecule has 0 radical (unpaired) electrons. The smallest absolute Gasteiger partial charge is 0.0558 e. The Kier molecular flexibility index (Phi) is 10.2. The molecule has 3 heteroatoms. The first-order valence-corrected chi connectivity index (χ1v) is 22.1. The Morgan fingerprint density at radius 1 is 0.365 bits per heavy atom. The number of fused-ring (bicyclic) bond motifs is 3. The summed E-state index contributed by atoms with van der Waals surface area (Å²) in [6, 6.07) is 74.8. The number of hydrogen-bond donors (Lipinski definition) is 0. The fourth-order valence-electron chi connectivity index (χ4n) is 9.39. The van der Waals surface area contributed by atoms with Gasteiger partial charge in [0.15, 0.2) is 0 Å². The van der Waals surface area contributed by atoms with Crippen molar-refractivity contribution in [2.24, 2.45) is 0 Å². The minimum atomic E-state index is 0.937. The van der Waals surface area contributed by atoms with Gasteiger partial charge in [-0.2, -0.15) is 0 Å². The third-order valence-electron chi connectivity index (χ3n) is 12.5. The van der Waals surface area contributed by atoms with E-state index in [4.69, 9.17) is 0 Å². The first kappa shape index (κ1) is 38.1. The summed E-state index contributed by atoms with van der Waals surface area (Å²) in [6.45, 7) is 0. The largest absolute Gasteiger partial charge is 0.313 e. The van der Waals surface area contributed by atoms with Gasteiger partial charge in [0.05, 0.1) is 11.0 Å². The summed E-state index contributed by atoms with van der Waals surface area (Å²) in [4.78, 5) is 4.76. The van der Waals surface area contributed by atoms with Crippen molar-refractivity contribution in [2.75, 3.05) is 9.80 Å². The van der Waals surface area contributed by atoms with E-state index >= 15 is 0 Å². The number of nitrogens with zero attached hydrogens (tertiary/aromatic N) is 3. The van der Waals surface area contributed by atoms with Crippen molar-refractivity contribution in [2.45, 2.75) is 25.7 Å². The van der Waals surface area contributed by atoms with Gasteiger partial charge in [0.1, 0.15) is 0 Å². The Balaban J connectivity index is 0.927. The topological polar surface area (TPSA) is 11.4 Å². The molecule has 0 saturated heterocycles. The van der Waals surface area contributed by atoms with Crippen LogP contribution in [0.3, 0.4) is 0 Å². The van der Waals surface area contributed by atoms with Crippen LogP contribution in [0.25, 0.3) is 55.3 Å². The molecule has 302 valence electrons. The SMILES string of the molecule is C1=CC(N(c2ccc(C3=CC=C(n4c5ccccc5c5ccc(N(c6ccccc6)c6ccc(-c7ccccc7)cc6)cc54)CC3)cc2)c2ccc(-c3ccccc3)cc2)=CCC1. The first-order chi connectivity index (χ1) is 31.2. The highest BCUT2D eigenvalue weighted by Crippen LogP contribution is 2.42. The molecule has 1 aromatic heterocycles. The molecule has 0 bridgehead atoms. The van der Waals surface area contributed by atoms with Crippen LogP contribution in [-0.4, -0.2) is 4.57 Å². The summed E-state index contributed by atoms with van der Waals surface area (Å²) in [6.07, 6.45) is 15.6. The highest BCUT2D eigenvalue weighted by molar-refractivity contribution is 6.11. The molecule has 0 saturated carbocycles. The predicted molar refractivity (Wildman–Crippen MR) is 268 cm³/mol. The molecule has 0 spiro atoms. The Morgan fingerprint density at radius 3 is 1.46 bits per heavy atom. The first-order valence-electron chi connectivity index (χ1n) is 22.1. The van der Waals surface area contributed by atoms with Crippen molar-refractivity contribution < 1.29 is 0 Å². The molecule has 0 amide bonds. The molecule has 0 N–H and O–H groups in total. The lowest BCUT2D eigenvalue weighted by molar-refractivity contribution is 0.991. The van der Waals surface area contributed by atoms with Crippen molar-refractivity contribution in [1.29, 1.82) is 0 Å². The van der Waals surface area contributed by atoms with Crippen molar-refractivity contribution in [1.82, 2.24) is 4.57 Å². The molecular weight excluding hydrogens is 763 g/mol. The number of aromatic nitrogens is 1. The second-order valence-electron chi connectivity index (χ2n) is 16.4. The summed E-state index contributed by atoms with van der Waals surface area (Å²) >= 11 is 0. The van der Waals surface area contributed by atoms with Gasteiger partial charge in [-0.3, -0.25) is 0 Å². The summed E-state index contributed by atoms with van der Waals surface area (Å²) in [5.41, 5.74) is 18.2. The second-order valence-corrected chi connectivity index (χ2v) is 16.4. The number of allylic oxidation sites excluding steroid dienone is 7. The van der Waals surface area contributed by atoms with Crippen LogP contribution >= 0.6 is 0 Å². The van der Waals surface area contributed by atoms with Gasteiger partial charge in [0, 0.05) is 50.6 Å². The number of rotatable bonds is 10. The maximum atomic E-state index is 2.50. The summed E-state index contributed by atoms with van der Waals surface area (Å²) in [7, 11) is 0. The number of para-hydroxylation sites is 2. The molecule has 1 heterocycles. The zero-order valence-corrected chi connectivity index (χ0v) is 35.2. The average molecular weight is 810 g/mol. The molecule has 2 aliphatic carbocycles. The fourth-order valence-corrected chi connectivity index (χ4v) is 9.39. The summed E-state index contributed by atoms with van der Waals surface area (Å²) in [5.74, 6) is 0. The van der Waals surface area contributed by atoms with Crippen LogP contribution in [0, 0.1) is 0 Å². The lowest BCUT2D eigenvalue weighted by Gasteiger charge is -2.28. The summed E-state index contributed by atoms with van der Waals surface area (Å²) in [5, 5.41) is 2.53. The molecule has 0 aliphatic heterocycles. The second kappa shape index (κ2) is 16.9. The molecule has 8 aromatic carbocycles. The Bertz CT molecular complexity index is 3170. The number of benzene rings is 8. The van der Waals surface area contributed by atoms with Crippen LogP contribution in [0.15, 0.2) is 242 Å². The van der Waals surface area contributed by atoms with Crippen LogP contribution in [-0.2, 0) is 0 Å². The molecule has 0 fully saturated rings. The Hall–Kier alpha value is -7.88. The van der Waals surface area contributed by atoms with E-state index < -0.39 is 0 Å². The number of anilines is 5. The van der Waals surface area contributed by atoms with Gasteiger partial charge >= 0.3 is 0 Å². The molecule has 3 nitrogen and oxygen atoms in total. The van der Waals surface area contributed by atoms with E-state index in [1.165, 1.54) is 66.6 Å². The van der Waals surface area contributed by atoms with Crippen LogP contribution in [0.4, 0.5) is 28.4 Å². The standard InChI is InChI=1S/C60H47N3/c1-5-15-44(16-6-1)46-25-33-52(34-26-46)61(50-19-9-3-10-20-50)53-35-29-48(30-36-53)49-31-39-55(40-32-49)63-59-24-14-13-23-57(59)58-42-41-56(43-60(58)63)62(51-21-11-4-12-22-51)54-37-27-47(28-38-54)45-17-7-2-8-18-45/h1-2,4-9,11-31,33-39,41-43H,3,10,32,40H2. The molecular formula is C60H47N3. The predicted octanol–water partition coefficient (Wildman–Crippen LogP) is 16.7. The minimum Gasteiger partial charge on any atom is -0.313 e. The van der Waals surface area contributed by atoms with Crippen molar-refractivity contribution in [3.05, 3.63) is 248 Å². The summed E-state index contributed by atoms with van der Waals surface area (Å²) < 4.78 is 2.50. The monoisotopic (exact) mass is 809 g/mol. The average Bonchev–Trinajstić information content (AvgIpc) is 3.70. The lowest BCUT2D eigenvalue weighted by Crippen LogP contribution is -2.16. The van der Waals surface area contributed by atoms with E-state index in [0.717, 1.165) is 54.1 Å². The van der Waals surface area contributed by atoms with Gasteiger partial charge in [0.25, 0.3) is 0 Å². The number of hydrogen-bond acceptors (Lipinski definition) is 2. The van der Waals surface area contributed by atoms with E-state index in [1.807, 2.05) is 0 Å². The molecule has 0 atom stereocenters. The van der Waals surface area contributed by atoms with Gasteiger partial charge in [-0.15, -0.1) is 0 Å². The zero-order valence-electron chi connectivity index (χ0n) is 35.2. The van der Waals surface area contributed by atoms with Crippen molar-refractivity contribution >= 4 is 61.5 Å². The van der Waals surface area contributed by atoms with Crippen LogP contribution in [0.1, 0.15) is 31.2 Å². The van der Waals surface area contributed by atoms with Crippen LogP contribution in [0.5, 0.6) is 0 Å². The minimum absolute atomic E-state index is 0.937. The van der Waals surface area contributed by atoms with Crippen LogP contribution < -0.4 is 9.80 Å². The van der Waals surface area contributed by atoms with Crippen LogP contribution in [0.2, 0.25) is 0 Å². The van der Waals surface area contributed by atoms with E-state index in [1.54, 1.807) is 0 Å². The normalized spacial score (nSPS) is 13.7. The van der Waals surface area contributed by atoms with Gasteiger partial charge < -0.3 is 14.4 Å². The third-order valence-corrected chi connectivity index (χ3v) is 12.5. The highest BCUT2D eigenvalue weighted by atomic mass is 15.2. The van der Waals surface area contributed by atoms with Gasteiger partial charge in [-0.25, -0.2) is 0 Å². The van der Waals surface area contributed by atoms with E-state index in [2.05, 4.69) is 251 Å². The lowest BCUT2D eigenvalue weighted by atomic mass is 9.95. The Morgan fingerprint density at radius 2 is 0.873 bits per heavy atom. The van der Waals surface area contributed by atoms with E-state index in [-0.39, 0.29) is 0 Å². The zero-order chi connectivity index (χ0) is 42.0. The third kappa shape index (κ3) is 7.49. The van der Waals surface area contributed by atoms with Gasteiger partial charge in [-0.1, -0.05) is 158 Å². The molecule has 9 aromatic rings. The van der Waals surface area contributed by atoms with Crippen molar-refractivity contribution in [3.8, 4) is 22.3 Å². The maximum Gasteiger partial charge on any atom is 0.0558 e. The molecule has 63 heavy (non-hydrogen) atoms. The van der Waals surface area contributed by atoms with Gasteiger partial charge in [0.2, 0.25) is 0 Å². The maximum absolute atomic E-state index is 2.50. The van der Waals surface area contributed by atoms with Gasteiger partial charge in [-0.05, 0) is 138 Å². The highest BCUT2D eigenvalue weighted by Gasteiger charge is 2.21. The molecule has 11 rings (SSSR count). The Labute approximate surface area is 370 Å². The quantitative estimate of drug-likeness (QED) is 0.136. The molecule has 0 unspecified atom stereocenters. The fraction of sp³-hybridized carbons (Fsp3) is 0.0667. The van der Waals surface area contributed by atoms with E-state index in [9.17, 15) is 0 Å².